The maximum Gasteiger partial charge on any atom is 0.269 e. The summed E-state index contributed by atoms with van der Waals surface area (Å²) in [6, 6.07) is 15.8. The van der Waals surface area contributed by atoms with Crippen molar-refractivity contribution in [2.24, 2.45) is 5.92 Å². The average molecular weight is 344 g/mol. The maximum absolute atomic E-state index is 13.2. The fourth-order valence-electron chi connectivity index (χ4n) is 3.91. The lowest BCUT2D eigenvalue weighted by Crippen LogP contribution is -2.30. The Bertz CT molecular complexity index is 1020. The third-order valence-corrected chi connectivity index (χ3v) is 5.17. The maximum atomic E-state index is 13.2. The Morgan fingerprint density at radius 1 is 1.19 bits per heavy atom. The smallest absolute Gasteiger partial charge is 0.269 e. The highest BCUT2D eigenvalue weighted by Gasteiger charge is 2.27. The first-order valence-electron chi connectivity index (χ1n) is 8.95. The molecular weight excluding hydrogens is 324 g/mol. The van der Waals surface area contributed by atoms with Gasteiger partial charge in [-0.1, -0.05) is 37.3 Å². The molecule has 1 aromatic carbocycles. The molecule has 2 aromatic heterocycles. The van der Waals surface area contributed by atoms with Crippen LogP contribution in [0.3, 0.4) is 0 Å². The van der Waals surface area contributed by atoms with Crippen LogP contribution in [0.4, 0.5) is 0 Å². The minimum Gasteiger partial charge on any atom is -0.467 e. The number of aromatic nitrogens is 1. The first-order chi connectivity index (χ1) is 12.7. The third kappa shape index (κ3) is 2.76. The molecule has 0 saturated heterocycles. The van der Waals surface area contributed by atoms with Crippen LogP contribution >= 0.6 is 0 Å². The summed E-state index contributed by atoms with van der Waals surface area (Å²) < 4.78 is 7.19. The number of fused-ring (bicyclic) bond motifs is 1. The van der Waals surface area contributed by atoms with Crippen LogP contribution in [0.25, 0.3) is 11.3 Å². The van der Waals surface area contributed by atoms with Crippen molar-refractivity contribution in [3.63, 3.8) is 0 Å². The Hall–Kier alpha value is -3.06. The number of pyridine rings is 1. The molecule has 3 aromatic rings. The first kappa shape index (κ1) is 16.4. The summed E-state index contributed by atoms with van der Waals surface area (Å²) in [5.74, 6) is 1.24. The number of rotatable bonds is 3. The van der Waals surface area contributed by atoms with E-state index in [4.69, 9.17) is 4.42 Å². The Morgan fingerprint density at radius 2 is 2.00 bits per heavy atom. The summed E-state index contributed by atoms with van der Waals surface area (Å²) in [6.45, 7) is 2.55. The topological polar surface area (TPSA) is 58.9 Å². The molecule has 0 unspecified atom stereocenters. The predicted octanol–water partition coefficient (Wildman–Crippen LogP) is 4.15. The number of hydrogen-bond donors (Lipinski definition) is 0. The summed E-state index contributed by atoms with van der Waals surface area (Å²) in [5, 5.41) is 9.67. The van der Waals surface area contributed by atoms with Crippen molar-refractivity contribution >= 4 is 0 Å². The van der Waals surface area contributed by atoms with E-state index in [2.05, 4.69) is 13.0 Å². The minimum absolute atomic E-state index is 0.226. The first-order valence-corrected chi connectivity index (χ1v) is 8.95. The molecule has 0 fully saturated rings. The molecule has 26 heavy (non-hydrogen) atoms. The molecule has 2 heterocycles. The second-order valence-electron chi connectivity index (χ2n) is 6.98. The van der Waals surface area contributed by atoms with E-state index in [1.807, 2.05) is 42.5 Å². The quantitative estimate of drug-likeness (QED) is 0.717. The van der Waals surface area contributed by atoms with E-state index in [-0.39, 0.29) is 11.1 Å². The molecular formula is C22H20N2O2. The van der Waals surface area contributed by atoms with Crippen molar-refractivity contribution in [2.75, 3.05) is 0 Å². The van der Waals surface area contributed by atoms with Crippen LogP contribution in [0.15, 0.2) is 57.9 Å². The zero-order valence-electron chi connectivity index (χ0n) is 14.7. The van der Waals surface area contributed by atoms with Crippen molar-refractivity contribution in [1.29, 1.82) is 5.26 Å². The van der Waals surface area contributed by atoms with Gasteiger partial charge in [-0.25, -0.2) is 0 Å². The second kappa shape index (κ2) is 6.68. The highest BCUT2D eigenvalue weighted by atomic mass is 16.3. The average Bonchev–Trinajstić information content (AvgIpc) is 3.17. The lowest BCUT2D eigenvalue weighted by atomic mass is 9.81. The molecule has 4 nitrogen and oxygen atoms in total. The minimum atomic E-state index is -0.226. The Labute approximate surface area is 152 Å². The van der Waals surface area contributed by atoms with Crippen LogP contribution < -0.4 is 5.56 Å². The molecule has 0 radical (unpaired) electrons. The molecule has 130 valence electrons. The van der Waals surface area contributed by atoms with Crippen LogP contribution in [-0.4, -0.2) is 4.57 Å². The zero-order valence-corrected chi connectivity index (χ0v) is 14.7. The van der Waals surface area contributed by atoms with Crippen LogP contribution in [0.5, 0.6) is 0 Å². The standard InChI is InChI=1S/C22H20N2O2/c1-15-9-10-18-19(12-15)21(16-6-3-2-4-7-16)24(22(25)20(18)13-23)14-17-8-5-11-26-17/h2-8,11,15H,9-10,12,14H2,1H3/t15-/m0/s1. The molecule has 4 heteroatoms. The van der Waals surface area contributed by atoms with E-state index in [9.17, 15) is 10.1 Å². The SMILES string of the molecule is C[C@H]1CCc2c(c(-c3ccccc3)n(Cc3ccco3)c(=O)c2C#N)C1. The number of nitrogens with zero attached hydrogens (tertiary/aromatic N) is 2. The van der Waals surface area contributed by atoms with Gasteiger partial charge in [0.2, 0.25) is 0 Å². The molecule has 0 saturated carbocycles. The summed E-state index contributed by atoms with van der Waals surface area (Å²) in [4.78, 5) is 13.2. The lowest BCUT2D eigenvalue weighted by molar-refractivity contribution is 0.479. The van der Waals surface area contributed by atoms with Gasteiger partial charge in [0.1, 0.15) is 17.4 Å². The number of benzene rings is 1. The highest BCUT2D eigenvalue weighted by molar-refractivity contribution is 5.67. The molecule has 0 N–H and O–H groups in total. The van der Waals surface area contributed by atoms with Crippen molar-refractivity contribution in [3.05, 3.63) is 81.5 Å². The van der Waals surface area contributed by atoms with Gasteiger partial charge in [0, 0.05) is 0 Å². The molecule has 0 spiro atoms. The van der Waals surface area contributed by atoms with E-state index in [0.717, 1.165) is 41.6 Å². The molecule has 4 rings (SSSR count). The largest absolute Gasteiger partial charge is 0.467 e. The van der Waals surface area contributed by atoms with Crippen molar-refractivity contribution < 1.29 is 4.42 Å². The van der Waals surface area contributed by atoms with Gasteiger partial charge < -0.3 is 4.42 Å². The molecule has 1 atom stereocenters. The second-order valence-corrected chi connectivity index (χ2v) is 6.98. The van der Waals surface area contributed by atoms with Crippen LogP contribution in [-0.2, 0) is 19.4 Å². The fraction of sp³-hybridized carbons (Fsp3) is 0.273. The molecule has 0 bridgehead atoms. The van der Waals surface area contributed by atoms with Crippen molar-refractivity contribution in [1.82, 2.24) is 4.57 Å². The van der Waals surface area contributed by atoms with Gasteiger partial charge >= 0.3 is 0 Å². The van der Waals surface area contributed by atoms with Gasteiger partial charge in [-0.3, -0.25) is 9.36 Å². The van der Waals surface area contributed by atoms with Crippen LogP contribution in [0.2, 0.25) is 0 Å². The monoisotopic (exact) mass is 344 g/mol. The molecule has 0 amide bonds. The van der Waals surface area contributed by atoms with E-state index >= 15 is 0 Å². The Morgan fingerprint density at radius 3 is 2.69 bits per heavy atom. The molecule has 1 aliphatic rings. The normalized spacial score (nSPS) is 16.1. The summed E-state index contributed by atoms with van der Waals surface area (Å²) in [6.07, 6.45) is 4.29. The van der Waals surface area contributed by atoms with E-state index in [0.29, 0.717) is 18.2 Å². The Balaban J connectivity index is 2.04. The van der Waals surface area contributed by atoms with Gasteiger partial charge in [-0.05, 0) is 54.0 Å². The van der Waals surface area contributed by atoms with Crippen LogP contribution in [0, 0.1) is 17.2 Å². The van der Waals surface area contributed by atoms with Gasteiger partial charge in [-0.2, -0.15) is 5.26 Å². The Kier molecular flexibility index (Phi) is 4.22. The molecule has 1 aliphatic carbocycles. The van der Waals surface area contributed by atoms with E-state index in [1.165, 1.54) is 0 Å². The summed E-state index contributed by atoms with van der Waals surface area (Å²) in [5.41, 5.74) is 4.07. The number of hydrogen-bond acceptors (Lipinski definition) is 3. The fourth-order valence-corrected chi connectivity index (χ4v) is 3.91. The lowest BCUT2D eigenvalue weighted by Gasteiger charge is -2.27. The predicted molar refractivity (Wildman–Crippen MR) is 99.9 cm³/mol. The van der Waals surface area contributed by atoms with Gasteiger partial charge in [-0.15, -0.1) is 0 Å². The third-order valence-electron chi connectivity index (χ3n) is 5.17. The zero-order chi connectivity index (χ0) is 18.1. The summed E-state index contributed by atoms with van der Waals surface area (Å²) >= 11 is 0. The van der Waals surface area contributed by atoms with Crippen molar-refractivity contribution in [2.45, 2.75) is 32.7 Å². The van der Waals surface area contributed by atoms with Gasteiger partial charge in [0.15, 0.2) is 0 Å². The van der Waals surface area contributed by atoms with Gasteiger partial charge in [0.05, 0.1) is 18.5 Å². The summed E-state index contributed by atoms with van der Waals surface area (Å²) in [7, 11) is 0. The van der Waals surface area contributed by atoms with E-state index < -0.39 is 0 Å². The van der Waals surface area contributed by atoms with Gasteiger partial charge in [0.25, 0.3) is 5.56 Å². The van der Waals surface area contributed by atoms with Crippen molar-refractivity contribution in [3.8, 4) is 17.3 Å². The highest BCUT2D eigenvalue weighted by Crippen LogP contribution is 2.34. The van der Waals surface area contributed by atoms with E-state index in [1.54, 1.807) is 10.8 Å². The number of nitriles is 1. The van der Waals surface area contributed by atoms with Crippen LogP contribution in [0.1, 0.15) is 35.8 Å². The molecule has 0 aliphatic heterocycles. The number of furan rings is 1.